The van der Waals surface area contributed by atoms with E-state index in [1.165, 1.54) is 16.2 Å². The van der Waals surface area contributed by atoms with Crippen molar-refractivity contribution in [3.63, 3.8) is 0 Å². The summed E-state index contributed by atoms with van der Waals surface area (Å²) in [5, 5.41) is 14.8. The lowest BCUT2D eigenvalue weighted by Gasteiger charge is -2.31. The van der Waals surface area contributed by atoms with Gasteiger partial charge in [-0.2, -0.15) is 4.98 Å². The zero-order valence-corrected chi connectivity index (χ0v) is 10.8. The van der Waals surface area contributed by atoms with Gasteiger partial charge in [-0.15, -0.1) is 11.3 Å². The van der Waals surface area contributed by atoms with E-state index in [4.69, 9.17) is 9.63 Å². The normalized spacial score (nSPS) is 15.8. The van der Waals surface area contributed by atoms with Crippen LogP contribution >= 0.6 is 11.3 Å². The predicted octanol–water partition coefficient (Wildman–Crippen LogP) is 1.60. The molecule has 0 unspecified atom stereocenters. The molecule has 1 aliphatic rings. The third-order valence-electron chi connectivity index (χ3n) is 2.98. The molecule has 1 fully saturated rings. The Morgan fingerprint density at radius 2 is 2.16 bits per heavy atom. The van der Waals surface area contributed by atoms with Crippen LogP contribution in [0.4, 0.5) is 10.7 Å². The maximum Gasteiger partial charge on any atom is 0.407 e. The molecule has 3 heterocycles. The molecule has 0 aromatic carbocycles. The number of piperazine rings is 1. The summed E-state index contributed by atoms with van der Waals surface area (Å²) in [5.74, 6) is 1.03. The van der Waals surface area contributed by atoms with Gasteiger partial charge < -0.3 is 19.4 Å². The molecular weight excluding hydrogens is 268 g/mol. The fourth-order valence-electron chi connectivity index (χ4n) is 1.94. The van der Waals surface area contributed by atoms with Crippen LogP contribution in [0, 0.1) is 0 Å². The molecule has 1 amide bonds. The fraction of sp³-hybridized carbons (Fsp3) is 0.364. The number of hydrogen-bond donors (Lipinski definition) is 1. The van der Waals surface area contributed by atoms with Crippen molar-refractivity contribution in [3.05, 3.63) is 17.5 Å². The van der Waals surface area contributed by atoms with Gasteiger partial charge in [0.25, 0.3) is 11.8 Å². The Kier molecular flexibility index (Phi) is 3.08. The zero-order valence-electron chi connectivity index (χ0n) is 10.0. The maximum atomic E-state index is 10.8. The van der Waals surface area contributed by atoms with Gasteiger partial charge in [-0.05, 0) is 16.6 Å². The number of aromatic nitrogens is 2. The van der Waals surface area contributed by atoms with Crippen molar-refractivity contribution in [2.45, 2.75) is 0 Å². The third kappa shape index (κ3) is 2.39. The zero-order chi connectivity index (χ0) is 13.2. The van der Waals surface area contributed by atoms with Gasteiger partial charge in [0.15, 0.2) is 0 Å². The highest BCUT2D eigenvalue weighted by Crippen LogP contribution is 2.24. The summed E-state index contributed by atoms with van der Waals surface area (Å²) >= 11 is 1.54. The maximum absolute atomic E-state index is 10.8. The number of hydrogen-bond acceptors (Lipinski definition) is 6. The first-order valence-electron chi connectivity index (χ1n) is 5.84. The van der Waals surface area contributed by atoms with Crippen molar-refractivity contribution >= 4 is 23.4 Å². The van der Waals surface area contributed by atoms with Crippen LogP contribution in [0.5, 0.6) is 0 Å². The fourth-order valence-corrected chi connectivity index (χ4v) is 2.59. The molecule has 0 atom stereocenters. The van der Waals surface area contributed by atoms with Crippen LogP contribution in [0.15, 0.2) is 22.0 Å². The number of nitrogens with zero attached hydrogens (tertiary/aromatic N) is 4. The third-order valence-corrected chi connectivity index (χ3v) is 3.84. The molecule has 8 heteroatoms. The van der Waals surface area contributed by atoms with Gasteiger partial charge in [0.05, 0.1) is 4.88 Å². The number of carbonyl (C=O) groups is 1. The van der Waals surface area contributed by atoms with Crippen molar-refractivity contribution in [2.75, 3.05) is 31.1 Å². The summed E-state index contributed by atoms with van der Waals surface area (Å²) in [6, 6.07) is 3.85. The van der Waals surface area contributed by atoms with Gasteiger partial charge in [0.2, 0.25) is 0 Å². The molecule has 0 radical (unpaired) electrons. The second-order valence-electron chi connectivity index (χ2n) is 4.13. The lowest BCUT2D eigenvalue weighted by Crippen LogP contribution is -2.48. The summed E-state index contributed by atoms with van der Waals surface area (Å²) in [6.45, 7) is 2.07. The number of carboxylic acid groups (broad SMARTS) is 1. The molecule has 0 spiro atoms. The van der Waals surface area contributed by atoms with Gasteiger partial charge in [-0.3, -0.25) is 0 Å². The van der Waals surface area contributed by atoms with Crippen molar-refractivity contribution in [1.29, 1.82) is 0 Å². The van der Waals surface area contributed by atoms with E-state index in [1.807, 2.05) is 22.4 Å². The number of amides is 1. The molecule has 100 valence electrons. The number of thiophene rings is 1. The molecule has 3 rings (SSSR count). The van der Waals surface area contributed by atoms with E-state index in [2.05, 4.69) is 10.1 Å². The van der Waals surface area contributed by atoms with Gasteiger partial charge >= 0.3 is 6.09 Å². The minimum atomic E-state index is -0.882. The van der Waals surface area contributed by atoms with Crippen LogP contribution in [-0.2, 0) is 0 Å². The quantitative estimate of drug-likeness (QED) is 0.899. The lowest BCUT2D eigenvalue weighted by atomic mass is 10.3. The predicted molar refractivity (Wildman–Crippen MR) is 69.4 cm³/mol. The summed E-state index contributed by atoms with van der Waals surface area (Å²) in [4.78, 5) is 19.4. The SMILES string of the molecule is O=C(O)N1CCN(c2noc(-c3cccs3)n2)CC1. The molecule has 1 saturated heterocycles. The summed E-state index contributed by atoms with van der Waals surface area (Å²) in [6.07, 6.45) is -0.882. The Labute approximate surface area is 113 Å². The summed E-state index contributed by atoms with van der Waals surface area (Å²) in [7, 11) is 0. The molecule has 2 aromatic rings. The highest BCUT2D eigenvalue weighted by Gasteiger charge is 2.23. The molecule has 0 saturated carbocycles. The molecule has 7 nitrogen and oxygen atoms in total. The Morgan fingerprint density at radius 1 is 1.37 bits per heavy atom. The monoisotopic (exact) mass is 280 g/mol. The molecule has 1 aliphatic heterocycles. The van der Waals surface area contributed by atoms with E-state index in [-0.39, 0.29) is 0 Å². The topological polar surface area (TPSA) is 82.7 Å². The molecule has 0 bridgehead atoms. The first-order chi connectivity index (χ1) is 9.24. The smallest absolute Gasteiger partial charge is 0.407 e. The van der Waals surface area contributed by atoms with Crippen LogP contribution in [0.3, 0.4) is 0 Å². The Bertz CT molecular complexity index is 560. The van der Waals surface area contributed by atoms with E-state index >= 15 is 0 Å². The first kappa shape index (κ1) is 12.0. The van der Waals surface area contributed by atoms with Crippen LogP contribution < -0.4 is 4.90 Å². The molecular formula is C11H12N4O3S. The van der Waals surface area contributed by atoms with E-state index in [1.54, 1.807) is 0 Å². The van der Waals surface area contributed by atoms with Crippen molar-refractivity contribution in [2.24, 2.45) is 0 Å². The molecule has 0 aliphatic carbocycles. The van der Waals surface area contributed by atoms with Gasteiger partial charge in [0, 0.05) is 26.2 Å². The van der Waals surface area contributed by atoms with Gasteiger partial charge in [0.1, 0.15) is 0 Å². The Balaban J connectivity index is 1.69. The minimum absolute atomic E-state index is 0.457. The average molecular weight is 280 g/mol. The number of rotatable bonds is 2. The largest absolute Gasteiger partial charge is 0.465 e. The summed E-state index contributed by atoms with van der Waals surface area (Å²) in [5.41, 5.74) is 0. The highest BCUT2D eigenvalue weighted by molar-refractivity contribution is 7.13. The second kappa shape index (κ2) is 4.88. The van der Waals surface area contributed by atoms with Crippen LogP contribution in [0.1, 0.15) is 0 Å². The standard InChI is InChI=1S/C11H12N4O3S/c16-11(17)15-5-3-14(4-6-15)10-12-9(18-13-10)8-2-1-7-19-8/h1-2,7H,3-6H2,(H,16,17). The van der Waals surface area contributed by atoms with E-state index in [0.717, 1.165) is 4.88 Å². The van der Waals surface area contributed by atoms with Gasteiger partial charge in [-0.25, -0.2) is 4.79 Å². The first-order valence-corrected chi connectivity index (χ1v) is 6.72. The summed E-state index contributed by atoms with van der Waals surface area (Å²) < 4.78 is 5.21. The van der Waals surface area contributed by atoms with E-state index < -0.39 is 6.09 Å². The average Bonchev–Trinajstić information content (AvgIpc) is 3.10. The minimum Gasteiger partial charge on any atom is -0.465 e. The molecule has 1 N–H and O–H groups in total. The van der Waals surface area contributed by atoms with Crippen LogP contribution in [0.2, 0.25) is 0 Å². The highest BCUT2D eigenvalue weighted by atomic mass is 32.1. The van der Waals surface area contributed by atoms with Crippen molar-refractivity contribution in [1.82, 2.24) is 15.0 Å². The molecule has 19 heavy (non-hydrogen) atoms. The van der Waals surface area contributed by atoms with Crippen molar-refractivity contribution < 1.29 is 14.4 Å². The van der Waals surface area contributed by atoms with Crippen LogP contribution in [0.25, 0.3) is 10.8 Å². The van der Waals surface area contributed by atoms with E-state index in [9.17, 15) is 4.79 Å². The Morgan fingerprint density at radius 3 is 2.79 bits per heavy atom. The number of anilines is 1. The molecule has 2 aromatic heterocycles. The second-order valence-corrected chi connectivity index (χ2v) is 5.08. The Hall–Kier alpha value is -2.09. The van der Waals surface area contributed by atoms with Gasteiger partial charge in [-0.1, -0.05) is 6.07 Å². The van der Waals surface area contributed by atoms with E-state index in [0.29, 0.717) is 38.0 Å². The lowest BCUT2D eigenvalue weighted by molar-refractivity contribution is 0.142. The van der Waals surface area contributed by atoms with Crippen molar-refractivity contribution in [3.8, 4) is 10.8 Å². The van der Waals surface area contributed by atoms with Crippen LogP contribution in [-0.4, -0.2) is 52.4 Å².